The number of hydrogen-bond donors (Lipinski definition) is 2. The highest BCUT2D eigenvalue weighted by Crippen LogP contribution is 2.14. The first kappa shape index (κ1) is 17.7. The number of nitrogens with zero attached hydrogens (tertiary/aromatic N) is 1. The van der Waals surface area contributed by atoms with Gasteiger partial charge >= 0.3 is 0 Å². The number of hydrogen-bond acceptors (Lipinski definition) is 4. The van der Waals surface area contributed by atoms with Crippen molar-refractivity contribution in [3.63, 3.8) is 0 Å². The molecule has 0 aliphatic carbocycles. The number of aliphatic hydroxyl groups excluding tert-OH is 1. The molecule has 116 valence electrons. The Morgan fingerprint density at radius 3 is 2.62 bits per heavy atom. The second kappa shape index (κ2) is 8.15. The fourth-order valence-corrected chi connectivity index (χ4v) is 2.79. The quantitative estimate of drug-likeness (QED) is 0.757. The molecular weight excluding hydrogens is 288 g/mol. The Morgan fingerprint density at radius 2 is 2.00 bits per heavy atom. The van der Waals surface area contributed by atoms with E-state index in [-0.39, 0.29) is 17.5 Å². The lowest BCUT2D eigenvalue weighted by Gasteiger charge is -2.20. The molecule has 0 saturated heterocycles. The standard InChI is InChI=1S/C15H22N2O3S/c1-13(17(2)3)12-16-21(19,20)15-10-5-4-8-14(15)9-6-7-11-18/h4-5,8,10,13,16,18H,7,11-12H2,1-3H3. The highest BCUT2D eigenvalue weighted by molar-refractivity contribution is 7.89. The van der Waals surface area contributed by atoms with Crippen LogP contribution in [0, 0.1) is 11.8 Å². The molecular formula is C15H22N2O3S. The summed E-state index contributed by atoms with van der Waals surface area (Å²) in [6.07, 6.45) is 0.319. The molecule has 6 heteroatoms. The average Bonchev–Trinajstić information content (AvgIpc) is 2.45. The Morgan fingerprint density at radius 1 is 1.33 bits per heavy atom. The van der Waals surface area contributed by atoms with Crippen molar-refractivity contribution in [3.8, 4) is 11.8 Å². The topological polar surface area (TPSA) is 69.6 Å². The number of aliphatic hydroxyl groups is 1. The van der Waals surface area contributed by atoms with Crippen LogP contribution in [0.15, 0.2) is 29.2 Å². The fraction of sp³-hybridized carbons (Fsp3) is 0.467. The fourth-order valence-electron chi connectivity index (χ4n) is 1.51. The molecule has 2 N–H and O–H groups in total. The summed E-state index contributed by atoms with van der Waals surface area (Å²) in [5, 5.41) is 8.73. The summed E-state index contributed by atoms with van der Waals surface area (Å²) in [6.45, 7) is 2.23. The summed E-state index contributed by atoms with van der Waals surface area (Å²) < 4.78 is 27.3. The van der Waals surface area contributed by atoms with Crippen molar-refractivity contribution in [1.29, 1.82) is 0 Å². The molecule has 0 saturated carbocycles. The van der Waals surface area contributed by atoms with E-state index >= 15 is 0 Å². The number of likely N-dealkylation sites (N-methyl/N-ethyl adjacent to an activating group) is 1. The van der Waals surface area contributed by atoms with Gasteiger partial charge in [0.15, 0.2) is 0 Å². The van der Waals surface area contributed by atoms with Gasteiger partial charge in [-0.3, -0.25) is 0 Å². The summed E-state index contributed by atoms with van der Waals surface area (Å²) in [4.78, 5) is 2.11. The van der Waals surface area contributed by atoms with Gasteiger partial charge in [-0.25, -0.2) is 13.1 Å². The molecule has 21 heavy (non-hydrogen) atoms. The SMILES string of the molecule is CC(CNS(=O)(=O)c1ccccc1C#CCCO)N(C)C. The molecule has 0 aliphatic heterocycles. The Hall–Kier alpha value is -1.39. The number of rotatable bonds is 6. The second-order valence-electron chi connectivity index (χ2n) is 4.94. The zero-order valence-electron chi connectivity index (χ0n) is 12.6. The number of nitrogens with one attached hydrogen (secondary N) is 1. The molecule has 5 nitrogen and oxygen atoms in total. The molecule has 0 fully saturated rings. The smallest absolute Gasteiger partial charge is 0.241 e. The first-order valence-corrected chi connectivity index (χ1v) is 8.21. The largest absolute Gasteiger partial charge is 0.395 e. The molecule has 0 bridgehead atoms. The summed E-state index contributed by atoms with van der Waals surface area (Å²) in [5.74, 6) is 5.54. The lowest BCUT2D eigenvalue weighted by atomic mass is 10.2. The summed E-state index contributed by atoms with van der Waals surface area (Å²) >= 11 is 0. The van der Waals surface area contributed by atoms with Gasteiger partial charge in [-0.15, -0.1) is 0 Å². The first-order valence-electron chi connectivity index (χ1n) is 6.73. The first-order chi connectivity index (χ1) is 9.88. The number of benzene rings is 1. The molecule has 0 spiro atoms. The Balaban J connectivity index is 2.96. The van der Waals surface area contributed by atoms with Gasteiger partial charge in [-0.1, -0.05) is 24.0 Å². The van der Waals surface area contributed by atoms with Crippen LogP contribution in [0.5, 0.6) is 0 Å². The van der Waals surface area contributed by atoms with Crippen LogP contribution in [0.1, 0.15) is 18.9 Å². The van der Waals surface area contributed by atoms with Crippen molar-refractivity contribution in [1.82, 2.24) is 9.62 Å². The summed E-state index contributed by atoms with van der Waals surface area (Å²) in [7, 11) is 0.194. The third kappa shape index (κ3) is 5.48. The van der Waals surface area contributed by atoms with Crippen LogP contribution in [0.25, 0.3) is 0 Å². The van der Waals surface area contributed by atoms with E-state index in [1.807, 2.05) is 25.9 Å². The second-order valence-corrected chi connectivity index (χ2v) is 6.67. The van der Waals surface area contributed by atoms with Crippen molar-refractivity contribution in [2.75, 3.05) is 27.2 Å². The van der Waals surface area contributed by atoms with Gasteiger partial charge in [-0.05, 0) is 33.2 Å². The molecule has 1 unspecified atom stereocenters. The molecule has 0 aliphatic rings. The van der Waals surface area contributed by atoms with Crippen LogP contribution >= 0.6 is 0 Å². The predicted octanol–water partition coefficient (Wildman–Crippen LogP) is 0.649. The molecule has 1 aromatic rings. The van der Waals surface area contributed by atoms with Gasteiger partial charge in [0.05, 0.1) is 11.5 Å². The van der Waals surface area contributed by atoms with Crippen molar-refractivity contribution >= 4 is 10.0 Å². The van der Waals surface area contributed by atoms with Gasteiger partial charge in [0.1, 0.15) is 0 Å². The van der Waals surface area contributed by atoms with E-state index in [0.29, 0.717) is 18.5 Å². The molecule has 1 aromatic carbocycles. The zero-order valence-corrected chi connectivity index (χ0v) is 13.4. The average molecular weight is 310 g/mol. The third-order valence-electron chi connectivity index (χ3n) is 3.09. The monoisotopic (exact) mass is 310 g/mol. The zero-order chi connectivity index (χ0) is 15.9. The minimum Gasteiger partial charge on any atom is -0.395 e. The van der Waals surface area contributed by atoms with Crippen molar-refractivity contribution in [3.05, 3.63) is 29.8 Å². The molecule has 0 radical (unpaired) electrons. The molecule has 1 atom stereocenters. The minimum atomic E-state index is -3.60. The number of sulfonamides is 1. The van der Waals surface area contributed by atoms with Gasteiger partial charge in [-0.2, -0.15) is 0 Å². The lowest BCUT2D eigenvalue weighted by molar-refractivity contribution is 0.305. The van der Waals surface area contributed by atoms with Crippen molar-refractivity contribution < 1.29 is 13.5 Å². The maximum Gasteiger partial charge on any atom is 0.241 e. The van der Waals surface area contributed by atoms with Gasteiger partial charge < -0.3 is 10.0 Å². The Bertz CT molecular complexity index is 615. The maximum atomic E-state index is 12.4. The van der Waals surface area contributed by atoms with E-state index in [1.165, 1.54) is 6.07 Å². The lowest BCUT2D eigenvalue weighted by Crippen LogP contribution is -2.38. The third-order valence-corrected chi connectivity index (χ3v) is 4.57. The summed E-state index contributed by atoms with van der Waals surface area (Å²) in [5.41, 5.74) is 0.441. The van der Waals surface area contributed by atoms with E-state index in [0.717, 1.165) is 0 Å². The van der Waals surface area contributed by atoms with Crippen LogP contribution in [0.2, 0.25) is 0 Å². The highest BCUT2D eigenvalue weighted by atomic mass is 32.2. The van der Waals surface area contributed by atoms with E-state index < -0.39 is 10.0 Å². The normalized spacial score (nSPS) is 12.8. The van der Waals surface area contributed by atoms with Crippen LogP contribution in [0.4, 0.5) is 0 Å². The Kier molecular flexibility index (Phi) is 6.85. The van der Waals surface area contributed by atoms with Gasteiger partial charge in [0.2, 0.25) is 10.0 Å². The van der Waals surface area contributed by atoms with Crippen molar-refractivity contribution in [2.24, 2.45) is 0 Å². The molecule has 0 aromatic heterocycles. The molecule has 0 amide bonds. The van der Waals surface area contributed by atoms with E-state index in [9.17, 15) is 8.42 Å². The van der Waals surface area contributed by atoms with Gasteiger partial charge in [0, 0.05) is 24.6 Å². The maximum absolute atomic E-state index is 12.4. The predicted molar refractivity (Wildman–Crippen MR) is 83.4 cm³/mol. The molecule has 0 heterocycles. The van der Waals surface area contributed by atoms with E-state index in [4.69, 9.17) is 5.11 Å². The highest BCUT2D eigenvalue weighted by Gasteiger charge is 2.18. The van der Waals surface area contributed by atoms with E-state index in [2.05, 4.69) is 16.6 Å². The van der Waals surface area contributed by atoms with Crippen LogP contribution in [-0.4, -0.2) is 51.7 Å². The van der Waals surface area contributed by atoms with Crippen LogP contribution in [0.3, 0.4) is 0 Å². The minimum absolute atomic E-state index is 0.0412. The van der Waals surface area contributed by atoms with Gasteiger partial charge in [0.25, 0.3) is 0 Å². The van der Waals surface area contributed by atoms with Crippen molar-refractivity contribution in [2.45, 2.75) is 24.3 Å². The van der Waals surface area contributed by atoms with Crippen LogP contribution < -0.4 is 4.72 Å². The molecule has 1 rings (SSSR count). The van der Waals surface area contributed by atoms with Crippen LogP contribution in [-0.2, 0) is 10.0 Å². The van der Waals surface area contributed by atoms with E-state index in [1.54, 1.807) is 18.2 Å². The Labute approximate surface area is 127 Å². The summed E-state index contributed by atoms with van der Waals surface area (Å²) in [6, 6.07) is 6.69.